The fourth-order valence-electron chi connectivity index (χ4n) is 3.14. The fourth-order valence-corrected chi connectivity index (χ4v) is 3.14. The van der Waals surface area contributed by atoms with E-state index in [9.17, 15) is 4.79 Å². The van der Waals surface area contributed by atoms with Crippen molar-refractivity contribution in [3.63, 3.8) is 0 Å². The summed E-state index contributed by atoms with van der Waals surface area (Å²) in [6.45, 7) is 7.05. The van der Waals surface area contributed by atoms with Gasteiger partial charge < -0.3 is 4.90 Å². The third-order valence-electron chi connectivity index (χ3n) is 4.51. The lowest BCUT2D eigenvalue weighted by atomic mass is 10.0. The highest BCUT2D eigenvalue weighted by molar-refractivity contribution is 6.07. The maximum atomic E-state index is 12.8. The number of hydrogen-bond donors (Lipinski definition) is 0. The third-order valence-corrected chi connectivity index (χ3v) is 4.51. The van der Waals surface area contributed by atoms with E-state index >= 15 is 0 Å². The summed E-state index contributed by atoms with van der Waals surface area (Å²) in [5, 5.41) is 2.19. The summed E-state index contributed by atoms with van der Waals surface area (Å²) < 4.78 is 0. The molecule has 0 radical (unpaired) electrons. The molecule has 0 aliphatic carbocycles. The first-order valence-electron chi connectivity index (χ1n) is 8.29. The highest BCUT2D eigenvalue weighted by Crippen LogP contribution is 2.20. The molecule has 140 valence electrons. The largest absolute Gasteiger partial charge is 0.336 e. The number of fused-ring (bicyclic) bond motifs is 1. The van der Waals surface area contributed by atoms with Crippen LogP contribution in [0.2, 0.25) is 0 Å². The number of nitrogens with zero attached hydrogens (tertiary/aromatic N) is 2. The van der Waals surface area contributed by atoms with E-state index in [1.54, 1.807) is 0 Å². The number of unbranched alkanes of at least 4 members (excludes halogenated alkanes) is 1. The minimum absolute atomic E-state index is 0. The quantitative estimate of drug-likeness (QED) is 0.738. The number of hydrogen-bond acceptors (Lipinski definition) is 2. The summed E-state index contributed by atoms with van der Waals surface area (Å²) in [7, 11) is 0. The molecule has 0 aromatic heterocycles. The average molecular weight is 406 g/mol. The number of piperazine rings is 1. The normalized spacial score (nSPS) is 14.2. The summed E-state index contributed by atoms with van der Waals surface area (Å²) >= 11 is 0. The molecule has 1 fully saturated rings. The summed E-state index contributed by atoms with van der Waals surface area (Å²) in [6.07, 6.45) is 2.48. The van der Waals surface area contributed by atoms with Gasteiger partial charge in [-0.15, -0.1) is 37.2 Å². The minimum atomic E-state index is 0. The summed E-state index contributed by atoms with van der Waals surface area (Å²) in [5.41, 5.74) is 0.833. The number of amides is 1. The first kappa shape index (κ1) is 24.0. The number of carbonyl (C=O) groups is 1. The molecule has 1 aliphatic heterocycles. The van der Waals surface area contributed by atoms with Crippen LogP contribution in [0.4, 0.5) is 0 Å². The number of halogens is 3. The molecule has 1 amide bonds. The first-order valence-corrected chi connectivity index (χ1v) is 8.29. The maximum Gasteiger partial charge on any atom is 0.254 e. The van der Waals surface area contributed by atoms with E-state index in [0.29, 0.717) is 0 Å². The van der Waals surface area contributed by atoms with Gasteiger partial charge in [-0.2, -0.15) is 0 Å². The van der Waals surface area contributed by atoms with Gasteiger partial charge in [-0.1, -0.05) is 49.7 Å². The Hall–Kier alpha value is -1.000. The average Bonchev–Trinajstić information content (AvgIpc) is 2.59. The molecule has 3 nitrogen and oxygen atoms in total. The molecule has 2 aromatic rings. The van der Waals surface area contributed by atoms with Crippen molar-refractivity contribution in [1.82, 2.24) is 9.80 Å². The van der Waals surface area contributed by atoms with Crippen LogP contribution in [0.5, 0.6) is 0 Å². The molecule has 3 rings (SSSR count). The standard InChI is InChI=1S/C19H24N2O.3ClH/c1-2-3-11-20-12-14-21(15-13-20)19(22)18-10-6-8-16-7-4-5-9-17(16)18;;;/h4-10H,2-3,11-15H2,1H3;3*1H. The second kappa shape index (κ2) is 11.6. The van der Waals surface area contributed by atoms with Gasteiger partial charge in [0.2, 0.25) is 0 Å². The second-order valence-electron chi connectivity index (χ2n) is 6.01. The zero-order valence-corrected chi connectivity index (χ0v) is 17.0. The minimum Gasteiger partial charge on any atom is -0.336 e. The SMILES string of the molecule is CCCCN1CCN(C(=O)c2cccc3ccccc23)CC1.Cl.Cl.Cl. The Bertz CT molecular complexity index is 653. The van der Waals surface area contributed by atoms with Gasteiger partial charge in [0.05, 0.1) is 0 Å². The summed E-state index contributed by atoms with van der Waals surface area (Å²) in [4.78, 5) is 17.3. The molecule has 1 heterocycles. The predicted molar refractivity (Wildman–Crippen MR) is 113 cm³/mol. The van der Waals surface area contributed by atoms with Crippen LogP contribution in [0.25, 0.3) is 10.8 Å². The number of carbonyl (C=O) groups excluding carboxylic acids is 1. The Morgan fingerprint density at radius 3 is 2.24 bits per heavy atom. The van der Waals surface area contributed by atoms with Gasteiger partial charge in [0, 0.05) is 31.7 Å². The van der Waals surface area contributed by atoms with Crippen LogP contribution in [0, 0.1) is 0 Å². The lowest BCUT2D eigenvalue weighted by Gasteiger charge is -2.35. The lowest BCUT2D eigenvalue weighted by Crippen LogP contribution is -2.48. The van der Waals surface area contributed by atoms with E-state index in [1.807, 2.05) is 35.2 Å². The maximum absolute atomic E-state index is 12.8. The van der Waals surface area contributed by atoms with Crippen LogP contribution in [0.1, 0.15) is 30.1 Å². The van der Waals surface area contributed by atoms with E-state index in [-0.39, 0.29) is 43.1 Å². The Labute approximate surface area is 169 Å². The molecular weight excluding hydrogens is 379 g/mol. The van der Waals surface area contributed by atoms with Gasteiger partial charge in [0.25, 0.3) is 5.91 Å². The molecule has 0 spiro atoms. The Balaban J connectivity index is 0.00000192. The highest BCUT2D eigenvalue weighted by atomic mass is 35.5. The van der Waals surface area contributed by atoms with Crippen LogP contribution < -0.4 is 0 Å². The van der Waals surface area contributed by atoms with Crippen molar-refractivity contribution in [2.75, 3.05) is 32.7 Å². The predicted octanol–water partition coefficient (Wildman–Crippen LogP) is 4.66. The van der Waals surface area contributed by atoms with E-state index in [4.69, 9.17) is 0 Å². The first-order chi connectivity index (χ1) is 10.8. The smallest absolute Gasteiger partial charge is 0.254 e. The molecule has 0 saturated carbocycles. The highest BCUT2D eigenvalue weighted by Gasteiger charge is 2.22. The number of benzene rings is 2. The van der Waals surface area contributed by atoms with Crippen LogP contribution in [0.3, 0.4) is 0 Å². The molecule has 2 aromatic carbocycles. The third kappa shape index (κ3) is 5.75. The van der Waals surface area contributed by atoms with Crippen molar-refractivity contribution in [2.24, 2.45) is 0 Å². The van der Waals surface area contributed by atoms with Crippen molar-refractivity contribution in [3.05, 3.63) is 48.0 Å². The topological polar surface area (TPSA) is 23.6 Å². The van der Waals surface area contributed by atoms with Gasteiger partial charge >= 0.3 is 0 Å². The van der Waals surface area contributed by atoms with Crippen LogP contribution >= 0.6 is 37.2 Å². The molecule has 0 atom stereocenters. The Kier molecular flexibility index (Phi) is 11.1. The second-order valence-corrected chi connectivity index (χ2v) is 6.01. The van der Waals surface area contributed by atoms with Crippen molar-refractivity contribution >= 4 is 53.9 Å². The van der Waals surface area contributed by atoms with E-state index in [1.165, 1.54) is 12.8 Å². The summed E-state index contributed by atoms with van der Waals surface area (Å²) in [6, 6.07) is 14.1. The molecule has 0 N–H and O–H groups in total. The lowest BCUT2D eigenvalue weighted by molar-refractivity contribution is 0.0637. The molecular formula is C19H27Cl3N2O. The van der Waals surface area contributed by atoms with Gasteiger partial charge in [0.15, 0.2) is 0 Å². The van der Waals surface area contributed by atoms with E-state index < -0.39 is 0 Å². The molecule has 6 heteroatoms. The van der Waals surface area contributed by atoms with Crippen molar-refractivity contribution in [2.45, 2.75) is 19.8 Å². The zero-order valence-electron chi connectivity index (χ0n) is 14.5. The molecule has 1 saturated heterocycles. The zero-order chi connectivity index (χ0) is 15.4. The van der Waals surface area contributed by atoms with Crippen LogP contribution in [-0.2, 0) is 0 Å². The van der Waals surface area contributed by atoms with Crippen LogP contribution in [-0.4, -0.2) is 48.4 Å². The van der Waals surface area contributed by atoms with Gasteiger partial charge in [0.1, 0.15) is 0 Å². The van der Waals surface area contributed by atoms with Gasteiger partial charge in [-0.3, -0.25) is 9.69 Å². The van der Waals surface area contributed by atoms with E-state index in [2.05, 4.69) is 24.0 Å². The van der Waals surface area contributed by atoms with Crippen molar-refractivity contribution in [1.29, 1.82) is 0 Å². The van der Waals surface area contributed by atoms with Crippen LogP contribution in [0.15, 0.2) is 42.5 Å². The van der Waals surface area contributed by atoms with Gasteiger partial charge in [-0.05, 0) is 29.8 Å². The molecule has 25 heavy (non-hydrogen) atoms. The number of rotatable bonds is 4. The molecule has 1 aliphatic rings. The summed E-state index contributed by atoms with van der Waals surface area (Å²) in [5.74, 6) is 0.173. The van der Waals surface area contributed by atoms with Gasteiger partial charge in [-0.25, -0.2) is 0 Å². The van der Waals surface area contributed by atoms with Crippen molar-refractivity contribution in [3.8, 4) is 0 Å². The molecule has 0 unspecified atom stereocenters. The Morgan fingerprint density at radius 2 is 1.56 bits per heavy atom. The molecule has 0 bridgehead atoms. The van der Waals surface area contributed by atoms with E-state index in [0.717, 1.165) is 49.1 Å². The fraction of sp³-hybridized carbons (Fsp3) is 0.421. The Morgan fingerprint density at radius 1 is 0.920 bits per heavy atom. The monoisotopic (exact) mass is 404 g/mol. The van der Waals surface area contributed by atoms with Crippen molar-refractivity contribution < 1.29 is 4.79 Å².